The maximum Gasteiger partial charge on any atom is 0.220 e. The van der Waals surface area contributed by atoms with Gasteiger partial charge < -0.3 is 21.6 Å². The van der Waals surface area contributed by atoms with Gasteiger partial charge in [-0.25, -0.2) is 0 Å². The smallest absolute Gasteiger partial charge is 0.220 e. The highest BCUT2D eigenvalue weighted by molar-refractivity contribution is 5.81. The molecule has 1 unspecified atom stereocenters. The van der Waals surface area contributed by atoms with Crippen molar-refractivity contribution in [2.24, 2.45) is 10.9 Å². The third-order valence-electron chi connectivity index (χ3n) is 1.97. The van der Waals surface area contributed by atoms with Crippen molar-refractivity contribution in [3.05, 3.63) is 0 Å². The van der Waals surface area contributed by atoms with Gasteiger partial charge in [0.2, 0.25) is 5.91 Å². The van der Waals surface area contributed by atoms with Gasteiger partial charge in [0.25, 0.3) is 0 Å². The first-order valence-electron chi connectivity index (χ1n) is 4.19. The molecule has 0 aromatic heterocycles. The third-order valence-corrected chi connectivity index (χ3v) is 1.97. The zero-order valence-corrected chi connectivity index (χ0v) is 7.29. The van der Waals surface area contributed by atoms with E-state index in [1.54, 1.807) is 0 Å². The van der Waals surface area contributed by atoms with Gasteiger partial charge in [-0.1, -0.05) is 5.16 Å². The molecule has 6 heteroatoms. The molecule has 0 aliphatic carbocycles. The lowest BCUT2D eigenvalue weighted by atomic mass is 10.1. The number of hydrogen-bond acceptors (Lipinski definition) is 4. The number of amidine groups is 1. The molecule has 1 saturated heterocycles. The van der Waals surface area contributed by atoms with Gasteiger partial charge in [-0.15, -0.1) is 0 Å². The van der Waals surface area contributed by atoms with Crippen LogP contribution >= 0.6 is 0 Å². The summed E-state index contributed by atoms with van der Waals surface area (Å²) in [6.45, 7) is 0.953. The van der Waals surface area contributed by atoms with Crippen LogP contribution in [0.25, 0.3) is 0 Å². The highest BCUT2D eigenvalue weighted by atomic mass is 16.4. The predicted molar refractivity (Wildman–Crippen MR) is 47.4 cm³/mol. The van der Waals surface area contributed by atoms with E-state index in [2.05, 4.69) is 15.8 Å². The SMILES string of the molecule is NC(CNC1CCC(=O)NC1)=NO. The number of piperidine rings is 1. The minimum Gasteiger partial charge on any atom is -0.409 e. The van der Waals surface area contributed by atoms with E-state index < -0.39 is 0 Å². The second kappa shape index (κ2) is 4.66. The maximum absolute atomic E-state index is 10.8. The topological polar surface area (TPSA) is 99.7 Å². The van der Waals surface area contributed by atoms with E-state index >= 15 is 0 Å². The molecule has 1 atom stereocenters. The molecule has 1 heterocycles. The molecular formula is C7H14N4O2. The van der Waals surface area contributed by atoms with Crippen molar-refractivity contribution < 1.29 is 10.0 Å². The Hall–Kier alpha value is -1.30. The van der Waals surface area contributed by atoms with Crippen LogP contribution < -0.4 is 16.4 Å². The summed E-state index contributed by atoms with van der Waals surface area (Å²) < 4.78 is 0. The normalized spacial score (nSPS) is 24.2. The highest BCUT2D eigenvalue weighted by Crippen LogP contribution is 2.01. The van der Waals surface area contributed by atoms with E-state index in [-0.39, 0.29) is 17.8 Å². The Morgan fingerprint density at radius 3 is 3.15 bits per heavy atom. The van der Waals surface area contributed by atoms with Gasteiger partial charge in [-0.3, -0.25) is 4.79 Å². The van der Waals surface area contributed by atoms with Crippen molar-refractivity contribution in [2.75, 3.05) is 13.1 Å². The van der Waals surface area contributed by atoms with Crippen LogP contribution in [0.4, 0.5) is 0 Å². The first-order valence-corrected chi connectivity index (χ1v) is 4.19. The molecule has 0 spiro atoms. The minimum absolute atomic E-state index is 0.0850. The monoisotopic (exact) mass is 186 g/mol. The van der Waals surface area contributed by atoms with E-state index in [9.17, 15) is 4.79 Å². The summed E-state index contributed by atoms with van der Waals surface area (Å²) >= 11 is 0. The lowest BCUT2D eigenvalue weighted by Crippen LogP contribution is -2.47. The van der Waals surface area contributed by atoms with Gasteiger partial charge in [-0.05, 0) is 6.42 Å². The van der Waals surface area contributed by atoms with Crippen LogP contribution in [0.15, 0.2) is 5.16 Å². The predicted octanol–water partition coefficient (Wildman–Crippen LogP) is -1.40. The quantitative estimate of drug-likeness (QED) is 0.188. The largest absolute Gasteiger partial charge is 0.409 e. The molecule has 1 fully saturated rings. The van der Waals surface area contributed by atoms with Gasteiger partial charge in [0.1, 0.15) is 0 Å². The van der Waals surface area contributed by atoms with Gasteiger partial charge >= 0.3 is 0 Å². The summed E-state index contributed by atoms with van der Waals surface area (Å²) in [5.74, 6) is 0.235. The fourth-order valence-corrected chi connectivity index (χ4v) is 1.19. The zero-order chi connectivity index (χ0) is 9.68. The number of nitrogens with two attached hydrogens (primary N) is 1. The van der Waals surface area contributed by atoms with Crippen molar-refractivity contribution >= 4 is 11.7 Å². The van der Waals surface area contributed by atoms with Crippen LogP contribution in [0.1, 0.15) is 12.8 Å². The molecule has 1 aliphatic heterocycles. The molecule has 6 nitrogen and oxygen atoms in total. The fourth-order valence-electron chi connectivity index (χ4n) is 1.19. The number of carbonyl (C=O) groups is 1. The molecule has 0 aromatic rings. The Morgan fingerprint density at radius 2 is 2.62 bits per heavy atom. The van der Waals surface area contributed by atoms with Crippen LogP contribution in [-0.2, 0) is 4.79 Å². The summed E-state index contributed by atoms with van der Waals surface area (Å²) in [6, 6.07) is 0.220. The second-order valence-electron chi connectivity index (χ2n) is 3.01. The van der Waals surface area contributed by atoms with Crippen LogP contribution in [0.3, 0.4) is 0 Å². The van der Waals surface area contributed by atoms with Crippen molar-refractivity contribution in [3.8, 4) is 0 Å². The Labute approximate surface area is 76.2 Å². The molecular weight excluding hydrogens is 172 g/mol. The number of oxime groups is 1. The summed E-state index contributed by atoms with van der Waals surface area (Å²) in [7, 11) is 0. The first kappa shape index (κ1) is 9.79. The molecule has 1 amide bonds. The average molecular weight is 186 g/mol. The summed E-state index contributed by atoms with van der Waals surface area (Å²) in [5.41, 5.74) is 5.27. The number of amides is 1. The van der Waals surface area contributed by atoms with Gasteiger partial charge in [0, 0.05) is 19.0 Å². The van der Waals surface area contributed by atoms with Crippen LogP contribution in [0, 0.1) is 0 Å². The van der Waals surface area contributed by atoms with E-state index in [0.29, 0.717) is 19.5 Å². The average Bonchev–Trinajstić information content (AvgIpc) is 2.16. The van der Waals surface area contributed by atoms with Gasteiger partial charge in [0.05, 0.1) is 6.54 Å². The minimum atomic E-state index is 0.0850. The Kier molecular flexibility index (Phi) is 3.51. The molecule has 0 bridgehead atoms. The molecule has 0 saturated carbocycles. The van der Waals surface area contributed by atoms with Crippen molar-refractivity contribution in [3.63, 3.8) is 0 Å². The maximum atomic E-state index is 10.8. The lowest BCUT2D eigenvalue weighted by molar-refractivity contribution is -0.122. The van der Waals surface area contributed by atoms with Crippen molar-refractivity contribution in [1.29, 1.82) is 0 Å². The molecule has 0 radical (unpaired) electrons. The number of carbonyl (C=O) groups excluding carboxylic acids is 1. The Morgan fingerprint density at radius 1 is 1.85 bits per heavy atom. The molecule has 74 valence electrons. The summed E-state index contributed by atoms with van der Waals surface area (Å²) in [6.07, 6.45) is 1.33. The highest BCUT2D eigenvalue weighted by Gasteiger charge is 2.16. The van der Waals surface area contributed by atoms with E-state index in [0.717, 1.165) is 6.42 Å². The van der Waals surface area contributed by atoms with E-state index in [1.807, 2.05) is 0 Å². The zero-order valence-electron chi connectivity index (χ0n) is 7.29. The molecule has 1 rings (SSSR count). The first-order chi connectivity index (χ1) is 6.22. The van der Waals surface area contributed by atoms with Crippen LogP contribution in [0.5, 0.6) is 0 Å². The van der Waals surface area contributed by atoms with E-state index in [1.165, 1.54) is 0 Å². The van der Waals surface area contributed by atoms with Crippen LogP contribution in [0.2, 0.25) is 0 Å². The molecule has 5 N–H and O–H groups in total. The molecule has 1 aliphatic rings. The third kappa shape index (κ3) is 3.29. The number of nitrogens with one attached hydrogen (secondary N) is 2. The van der Waals surface area contributed by atoms with E-state index in [4.69, 9.17) is 10.9 Å². The summed E-state index contributed by atoms with van der Waals surface area (Å²) in [4.78, 5) is 10.8. The number of nitrogens with zero attached hydrogens (tertiary/aromatic N) is 1. The second-order valence-corrected chi connectivity index (χ2v) is 3.01. The number of hydrogen-bond donors (Lipinski definition) is 4. The van der Waals surface area contributed by atoms with Crippen LogP contribution in [-0.4, -0.2) is 36.1 Å². The lowest BCUT2D eigenvalue weighted by Gasteiger charge is -2.23. The summed E-state index contributed by atoms with van der Waals surface area (Å²) in [5, 5.41) is 16.9. The Bertz CT molecular complexity index is 207. The van der Waals surface area contributed by atoms with Gasteiger partial charge in [-0.2, -0.15) is 0 Å². The fraction of sp³-hybridized carbons (Fsp3) is 0.714. The van der Waals surface area contributed by atoms with Crippen molar-refractivity contribution in [2.45, 2.75) is 18.9 Å². The Balaban J connectivity index is 2.19. The molecule has 13 heavy (non-hydrogen) atoms. The standard InChI is InChI=1S/C7H14N4O2/c8-6(11-13)4-9-5-1-2-7(12)10-3-5/h5,9,13H,1-4H2,(H2,8,11)(H,10,12). The molecule has 0 aromatic carbocycles. The van der Waals surface area contributed by atoms with Gasteiger partial charge in [0.15, 0.2) is 5.84 Å². The number of rotatable bonds is 3. The van der Waals surface area contributed by atoms with Crippen molar-refractivity contribution in [1.82, 2.24) is 10.6 Å².